The molecule has 0 atom stereocenters. The molecule has 442 valence electrons. The standard InChI is InChI=1S/C83H49F3N8/c1-88-74-24-14-23-69(83(84,85)86)81(74)82-79(93-75-43-57(61-29-37-70(89-48-61)53-15-6-2-7-16-53)25-33-65(75)66-34-26-58(44-76(66)93)62-30-38-71(90-49-62)54-17-8-3-9-18-54)41-52(47-87)42-80(82)94-77-45-59(63-31-39-72(91-50-63)55-19-10-4-11-20-55)27-35-67(77)68-36-28-60(46-78(68)94)64-32-40-73(92-51-64)56-21-12-5-13-22-56/h2-46,48-51H. The Hall–Kier alpha value is -12.8. The van der Waals surface area contributed by atoms with Crippen LogP contribution in [-0.2, 0) is 6.18 Å². The highest BCUT2D eigenvalue weighted by molar-refractivity contribution is 6.14. The second kappa shape index (κ2) is 23.2. The van der Waals surface area contributed by atoms with E-state index >= 15 is 13.2 Å². The first-order valence-corrected chi connectivity index (χ1v) is 30.5. The van der Waals surface area contributed by atoms with Gasteiger partial charge >= 0.3 is 6.18 Å². The van der Waals surface area contributed by atoms with Gasteiger partial charge in [-0.1, -0.05) is 212 Å². The Morgan fingerprint density at radius 3 is 0.904 bits per heavy atom. The summed E-state index contributed by atoms with van der Waals surface area (Å²) in [7, 11) is 0. The minimum absolute atomic E-state index is 0.0765. The van der Waals surface area contributed by atoms with E-state index in [-0.39, 0.29) is 33.8 Å². The fraction of sp³-hybridized carbons (Fsp3) is 0.0120. The van der Waals surface area contributed by atoms with Gasteiger partial charge in [-0.3, -0.25) is 19.9 Å². The van der Waals surface area contributed by atoms with Crippen molar-refractivity contribution in [2.75, 3.05) is 0 Å². The second-order valence-electron chi connectivity index (χ2n) is 23.1. The highest BCUT2D eigenvalue weighted by Crippen LogP contribution is 2.51. The molecule has 0 aliphatic heterocycles. The lowest BCUT2D eigenvalue weighted by molar-refractivity contribution is -0.137. The van der Waals surface area contributed by atoms with Crippen LogP contribution in [-0.4, -0.2) is 29.1 Å². The van der Waals surface area contributed by atoms with Gasteiger partial charge in [-0.25, -0.2) is 4.85 Å². The number of nitriles is 1. The van der Waals surface area contributed by atoms with Gasteiger partial charge in [-0.2, -0.15) is 18.4 Å². The minimum atomic E-state index is -4.96. The number of halogens is 3. The molecule has 0 saturated carbocycles. The van der Waals surface area contributed by atoms with Crippen LogP contribution in [0.3, 0.4) is 0 Å². The van der Waals surface area contributed by atoms with Gasteiger partial charge in [0.1, 0.15) is 0 Å². The van der Waals surface area contributed by atoms with Gasteiger partial charge in [-0.05, 0) is 82.9 Å². The van der Waals surface area contributed by atoms with Crippen molar-refractivity contribution in [1.82, 2.24) is 29.1 Å². The molecule has 0 radical (unpaired) electrons. The highest BCUT2D eigenvalue weighted by atomic mass is 19.4. The Kier molecular flexibility index (Phi) is 13.9. The van der Waals surface area contributed by atoms with Crippen molar-refractivity contribution in [2.24, 2.45) is 0 Å². The molecule has 0 bridgehead atoms. The van der Waals surface area contributed by atoms with E-state index in [2.05, 4.69) is 10.9 Å². The van der Waals surface area contributed by atoms with E-state index in [1.54, 1.807) is 12.1 Å². The number of rotatable bonds is 11. The van der Waals surface area contributed by atoms with Gasteiger partial charge in [0.2, 0.25) is 0 Å². The van der Waals surface area contributed by atoms with Crippen molar-refractivity contribution in [2.45, 2.75) is 6.18 Å². The van der Waals surface area contributed by atoms with Crippen LogP contribution in [0.15, 0.2) is 298 Å². The molecule has 0 N–H and O–H groups in total. The van der Waals surface area contributed by atoms with E-state index in [0.717, 1.165) is 117 Å². The molecule has 0 saturated heterocycles. The summed E-state index contributed by atoms with van der Waals surface area (Å²) in [5.74, 6) is 0. The normalized spacial score (nSPS) is 11.5. The highest BCUT2D eigenvalue weighted by Gasteiger charge is 2.37. The van der Waals surface area contributed by atoms with Crippen LogP contribution in [0.5, 0.6) is 0 Å². The fourth-order valence-corrected chi connectivity index (χ4v) is 13.1. The van der Waals surface area contributed by atoms with Gasteiger partial charge in [0, 0.05) is 102 Å². The van der Waals surface area contributed by atoms with Crippen LogP contribution in [0, 0.1) is 17.9 Å². The molecule has 10 aromatic carbocycles. The van der Waals surface area contributed by atoms with Gasteiger partial charge in [0.25, 0.3) is 0 Å². The van der Waals surface area contributed by atoms with Crippen LogP contribution < -0.4 is 0 Å². The minimum Gasteiger partial charge on any atom is -0.309 e. The Morgan fingerprint density at radius 1 is 0.330 bits per heavy atom. The molecule has 94 heavy (non-hydrogen) atoms. The molecule has 16 rings (SSSR count). The number of hydrogen-bond donors (Lipinski definition) is 0. The molecular formula is C83H49F3N8. The number of fused-ring (bicyclic) bond motifs is 6. The maximum Gasteiger partial charge on any atom is 0.415 e. The SMILES string of the molecule is [C-]#[N+]c1cccc(C(F)(F)F)c1-c1c(-n2c3cc(-c4ccc(-c5ccccc5)nc4)ccc3c3ccc(-c4ccc(-c5ccccc5)nc4)cc32)cc(C#N)cc1-n1c2cc(-c3ccc(-c4ccccc4)nc3)ccc2c2ccc(-c3ccc(-c4ccccc4)nc3)cc21. The molecule has 6 heterocycles. The predicted octanol–water partition coefficient (Wildman–Crippen LogP) is 21.9. The van der Waals surface area contributed by atoms with Crippen molar-refractivity contribution < 1.29 is 13.2 Å². The number of benzene rings is 10. The summed E-state index contributed by atoms with van der Waals surface area (Å²) in [5.41, 5.74) is 15.1. The van der Waals surface area contributed by atoms with Crippen LogP contribution >= 0.6 is 0 Å². The predicted molar refractivity (Wildman–Crippen MR) is 371 cm³/mol. The first-order valence-electron chi connectivity index (χ1n) is 30.5. The zero-order valence-corrected chi connectivity index (χ0v) is 50.0. The largest absolute Gasteiger partial charge is 0.415 e. The molecule has 11 heteroatoms. The lowest BCUT2D eigenvalue weighted by atomic mass is 9.92. The Morgan fingerprint density at radius 2 is 0.638 bits per heavy atom. The molecule has 0 amide bonds. The van der Waals surface area contributed by atoms with Gasteiger partial charge in [0.05, 0.1) is 80.0 Å². The summed E-state index contributed by atoms with van der Waals surface area (Å²) in [6, 6.07) is 89.6. The van der Waals surface area contributed by atoms with E-state index in [4.69, 9.17) is 26.5 Å². The van der Waals surface area contributed by atoms with Crippen molar-refractivity contribution in [3.63, 3.8) is 0 Å². The summed E-state index contributed by atoms with van der Waals surface area (Å²) in [6.45, 7) is 8.77. The number of hydrogen-bond acceptors (Lipinski definition) is 5. The van der Waals surface area contributed by atoms with Gasteiger partial charge in [-0.15, -0.1) is 0 Å². The summed E-state index contributed by atoms with van der Waals surface area (Å²) in [6.07, 6.45) is 2.35. The van der Waals surface area contributed by atoms with Crippen molar-refractivity contribution in [1.29, 1.82) is 5.26 Å². The lowest BCUT2D eigenvalue weighted by Gasteiger charge is -2.24. The third kappa shape index (κ3) is 10.1. The molecule has 0 aliphatic carbocycles. The average molecular weight is 1220 g/mol. The molecule has 0 unspecified atom stereocenters. The monoisotopic (exact) mass is 1210 g/mol. The first-order chi connectivity index (χ1) is 46.1. The maximum atomic E-state index is 16.5. The second-order valence-corrected chi connectivity index (χ2v) is 23.1. The summed E-state index contributed by atoms with van der Waals surface area (Å²) < 4.78 is 53.4. The first kappa shape index (κ1) is 56.4. The Bertz CT molecular complexity index is 5090. The third-order valence-electron chi connectivity index (χ3n) is 17.6. The van der Waals surface area contributed by atoms with Crippen molar-refractivity contribution in [3.8, 4) is 118 Å². The average Bonchev–Trinajstić information content (AvgIpc) is 1.55. The zero-order chi connectivity index (χ0) is 63.4. The molecule has 8 nitrogen and oxygen atoms in total. The molecule has 0 spiro atoms. The van der Waals surface area contributed by atoms with Crippen LogP contribution in [0.1, 0.15) is 11.1 Å². The third-order valence-corrected chi connectivity index (χ3v) is 17.6. The summed E-state index contributed by atoms with van der Waals surface area (Å²) in [4.78, 5) is 23.6. The van der Waals surface area contributed by atoms with Crippen molar-refractivity contribution in [3.05, 3.63) is 320 Å². The van der Waals surface area contributed by atoms with E-state index < -0.39 is 11.7 Å². The van der Waals surface area contributed by atoms with E-state index in [1.165, 1.54) is 12.1 Å². The van der Waals surface area contributed by atoms with Crippen LogP contribution in [0.4, 0.5) is 18.9 Å². The number of nitrogens with zero attached hydrogens (tertiary/aromatic N) is 8. The Balaban J connectivity index is 1.01. The quantitative estimate of drug-likeness (QED) is 0.120. The van der Waals surface area contributed by atoms with Crippen LogP contribution in [0.2, 0.25) is 0 Å². The molecule has 0 fully saturated rings. The Labute approximate surface area is 538 Å². The number of alkyl halides is 3. The molecule has 16 aromatic rings. The topological polar surface area (TPSA) is 89.6 Å². The number of pyridine rings is 4. The zero-order valence-electron chi connectivity index (χ0n) is 50.0. The smallest absolute Gasteiger partial charge is 0.309 e. The van der Waals surface area contributed by atoms with Gasteiger partial charge in [0.15, 0.2) is 5.69 Å². The van der Waals surface area contributed by atoms with Crippen molar-refractivity contribution >= 4 is 49.3 Å². The summed E-state index contributed by atoms with van der Waals surface area (Å²) in [5, 5.41) is 14.7. The summed E-state index contributed by atoms with van der Waals surface area (Å²) >= 11 is 0. The molecular weight excluding hydrogens is 1170 g/mol. The lowest BCUT2D eigenvalue weighted by Crippen LogP contribution is -2.11. The maximum absolute atomic E-state index is 16.5. The van der Waals surface area contributed by atoms with E-state index in [9.17, 15) is 5.26 Å². The van der Waals surface area contributed by atoms with E-state index in [1.807, 2.05) is 277 Å². The molecule has 0 aliphatic rings. The van der Waals surface area contributed by atoms with Crippen LogP contribution in [0.25, 0.3) is 160 Å². The van der Waals surface area contributed by atoms with E-state index in [0.29, 0.717) is 22.1 Å². The van der Waals surface area contributed by atoms with Gasteiger partial charge < -0.3 is 9.13 Å². The number of aromatic nitrogens is 6. The fourth-order valence-electron chi connectivity index (χ4n) is 13.1. The molecule has 6 aromatic heterocycles.